The first kappa shape index (κ1) is 19.6. The van der Waals surface area contributed by atoms with E-state index < -0.39 is 5.97 Å². The van der Waals surface area contributed by atoms with Crippen LogP contribution in [0.15, 0.2) is 53.1 Å². The van der Waals surface area contributed by atoms with Gasteiger partial charge in [0.05, 0.1) is 28.4 Å². The molecule has 0 saturated heterocycles. The summed E-state index contributed by atoms with van der Waals surface area (Å²) in [5.41, 5.74) is 3.69. The molecule has 2 N–H and O–H groups in total. The van der Waals surface area contributed by atoms with Gasteiger partial charge in [0.25, 0.3) is 6.01 Å². The highest BCUT2D eigenvalue weighted by Crippen LogP contribution is 2.32. The lowest BCUT2D eigenvalue weighted by molar-refractivity contribution is -0.143. The number of halogens is 1. The normalized spacial score (nSPS) is 18.9. The van der Waals surface area contributed by atoms with Gasteiger partial charge in [0.1, 0.15) is 11.9 Å². The van der Waals surface area contributed by atoms with Crippen LogP contribution in [0.5, 0.6) is 6.01 Å². The van der Waals surface area contributed by atoms with Crippen molar-refractivity contribution in [3.05, 3.63) is 53.8 Å². The maximum atomic E-state index is 11.1. The fourth-order valence-corrected chi connectivity index (χ4v) is 4.24. The van der Waals surface area contributed by atoms with E-state index in [4.69, 9.17) is 25.9 Å². The van der Waals surface area contributed by atoms with Gasteiger partial charge in [0, 0.05) is 11.1 Å². The summed E-state index contributed by atoms with van der Waals surface area (Å²) in [5.74, 6) is -0.212. The Labute approximate surface area is 183 Å². The summed E-state index contributed by atoms with van der Waals surface area (Å²) in [6.07, 6.45) is 4.20. The highest BCUT2D eigenvalue weighted by molar-refractivity contribution is 6.33. The molecule has 3 heterocycles. The number of fused-ring (bicyclic) bond motifs is 1. The number of nitrogens with one attached hydrogen (secondary N) is 1. The zero-order chi connectivity index (χ0) is 21.4. The van der Waals surface area contributed by atoms with E-state index in [0.717, 1.165) is 16.9 Å². The molecule has 0 radical (unpaired) electrons. The Bertz CT molecular complexity index is 1210. The summed E-state index contributed by atoms with van der Waals surface area (Å²) < 4.78 is 11.4. The van der Waals surface area contributed by atoms with Gasteiger partial charge in [-0.2, -0.15) is 4.98 Å². The van der Waals surface area contributed by atoms with Crippen molar-refractivity contribution in [1.82, 2.24) is 15.0 Å². The van der Waals surface area contributed by atoms with Gasteiger partial charge in [-0.25, -0.2) is 4.98 Å². The van der Waals surface area contributed by atoms with Crippen LogP contribution in [0.25, 0.3) is 33.7 Å². The third-order valence-electron chi connectivity index (χ3n) is 5.67. The molecule has 1 aromatic carbocycles. The molecule has 3 aromatic heterocycles. The molecule has 1 aliphatic carbocycles. The number of ether oxygens (including phenoxy) is 1. The predicted octanol–water partition coefficient (Wildman–Crippen LogP) is 5.56. The first-order chi connectivity index (χ1) is 15.1. The highest BCUT2D eigenvalue weighted by atomic mass is 35.5. The summed E-state index contributed by atoms with van der Waals surface area (Å²) in [6.45, 7) is 0. The van der Waals surface area contributed by atoms with E-state index in [1.807, 2.05) is 36.4 Å². The summed E-state index contributed by atoms with van der Waals surface area (Å²) in [6, 6.07) is 13.7. The van der Waals surface area contributed by atoms with Gasteiger partial charge < -0.3 is 19.2 Å². The van der Waals surface area contributed by atoms with Crippen LogP contribution in [0.4, 0.5) is 0 Å². The van der Waals surface area contributed by atoms with E-state index in [1.54, 1.807) is 12.3 Å². The van der Waals surface area contributed by atoms with E-state index in [2.05, 4.69) is 15.0 Å². The van der Waals surface area contributed by atoms with Crippen molar-refractivity contribution in [2.24, 2.45) is 5.92 Å². The number of imidazole rings is 1. The topological polar surface area (TPSA) is 101 Å². The second-order valence-corrected chi connectivity index (χ2v) is 8.12. The third-order valence-corrected chi connectivity index (χ3v) is 5.96. The molecule has 1 saturated carbocycles. The zero-order valence-electron chi connectivity index (χ0n) is 16.5. The Morgan fingerprint density at radius 1 is 1.10 bits per heavy atom. The molecule has 158 valence electrons. The Hall–Kier alpha value is -3.32. The van der Waals surface area contributed by atoms with Crippen molar-refractivity contribution in [1.29, 1.82) is 0 Å². The Kier molecular flexibility index (Phi) is 5.11. The van der Waals surface area contributed by atoms with Gasteiger partial charge in [-0.3, -0.25) is 4.79 Å². The summed E-state index contributed by atoms with van der Waals surface area (Å²) in [7, 11) is 0. The minimum absolute atomic E-state index is 0.0553. The maximum Gasteiger partial charge on any atom is 0.306 e. The number of carboxylic acid groups (broad SMARTS) is 1. The Balaban J connectivity index is 1.35. The second kappa shape index (κ2) is 8.07. The fourth-order valence-electron chi connectivity index (χ4n) is 3.97. The SMILES string of the molecule is O=C(O)C1CCC(Oc2nc3nc(-c4ccc(-c5ccco5)cc4)c(Cl)cc3[nH]2)CC1. The minimum Gasteiger partial charge on any atom is -0.481 e. The summed E-state index contributed by atoms with van der Waals surface area (Å²) in [4.78, 5) is 23.3. The average Bonchev–Trinajstić information content (AvgIpc) is 3.43. The molecule has 0 bridgehead atoms. The van der Waals surface area contributed by atoms with Crippen molar-refractivity contribution in [3.8, 4) is 28.6 Å². The van der Waals surface area contributed by atoms with Crippen LogP contribution in [0.1, 0.15) is 25.7 Å². The third kappa shape index (κ3) is 4.01. The number of furan rings is 1. The molecule has 7 nitrogen and oxygen atoms in total. The van der Waals surface area contributed by atoms with Gasteiger partial charge in [-0.15, -0.1) is 0 Å². The van der Waals surface area contributed by atoms with Gasteiger partial charge in [-0.05, 0) is 43.9 Å². The minimum atomic E-state index is -0.731. The zero-order valence-corrected chi connectivity index (χ0v) is 17.3. The van der Waals surface area contributed by atoms with Crippen LogP contribution in [0, 0.1) is 5.92 Å². The number of pyridine rings is 1. The van der Waals surface area contributed by atoms with Crippen LogP contribution in [-0.2, 0) is 4.79 Å². The number of benzene rings is 1. The number of carbonyl (C=O) groups is 1. The summed E-state index contributed by atoms with van der Waals surface area (Å²) >= 11 is 6.50. The van der Waals surface area contributed by atoms with Crippen LogP contribution < -0.4 is 4.74 Å². The van der Waals surface area contributed by atoms with Crippen molar-refractivity contribution in [3.63, 3.8) is 0 Å². The van der Waals surface area contributed by atoms with E-state index in [0.29, 0.717) is 53.6 Å². The molecular formula is C23H20ClN3O4. The van der Waals surface area contributed by atoms with Crippen LogP contribution in [0.2, 0.25) is 5.02 Å². The van der Waals surface area contributed by atoms with E-state index >= 15 is 0 Å². The number of nitrogens with zero attached hydrogens (tertiary/aromatic N) is 2. The smallest absolute Gasteiger partial charge is 0.306 e. The lowest BCUT2D eigenvalue weighted by Crippen LogP contribution is -2.28. The molecule has 31 heavy (non-hydrogen) atoms. The van der Waals surface area contributed by atoms with E-state index in [1.165, 1.54) is 0 Å². The number of aliphatic carboxylic acids is 1. The quantitative estimate of drug-likeness (QED) is 0.423. The molecule has 0 atom stereocenters. The lowest BCUT2D eigenvalue weighted by atomic mass is 9.87. The number of aromatic amines is 1. The lowest BCUT2D eigenvalue weighted by Gasteiger charge is -2.25. The number of aromatic nitrogens is 3. The number of hydrogen-bond acceptors (Lipinski definition) is 5. The van der Waals surface area contributed by atoms with Crippen LogP contribution in [0.3, 0.4) is 0 Å². The molecule has 0 spiro atoms. The fraction of sp³-hybridized carbons (Fsp3) is 0.261. The molecule has 4 aromatic rings. The predicted molar refractivity (Wildman–Crippen MR) is 116 cm³/mol. The maximum absolute atomic E-state index is 11.1. The van der Waals surface area contributed by atoms with Gasteiger partial charge in [-0.1, -0.05) is 35.9 Å². The first-order valence-corrected chi connectivity index (χ1v) is 10.5. The molecule has 1 aliphatic rings. The van der Waals surface area contributed by atoms with Crippen molar-refractivity contribution in [2.75, 3.05) is 0 Å². The molecular weight excluding hydrogens is 418 g/mol. The van der Waals surface area contributed by atoms with Gasteiger partial charge in [0.2, 0.25) is 0 Å². The molecule has 0 unspecified atom stereocenters. The second-order valence-electron chi connectivity index (χ2n) is 7.72. The van der Waals surface area contributed by atoms with Crippen LogP contribution >= 0.6 is 11.6 Å². The number of H-pyrrole nitrogens is 1. The monoisotopic (exact) mass is 437 g/mol. The Morgan fingerprint density at radius 2 is 1.84 bits per heavy atom. The van der Waals surface area contributed by atoms with Gasteiger partial charge >= 0.3 is 5.97 Å². The molecule has 0 amide bonds. The van der Waals surface area contributed by atoms with Gasteiger partial charge in [0.15, 0.2) is 5.65 Å². The highest BCUT2D eigenvalue weighted by Gasteiger charge is 2.27. The molecule has 0 aliphatic heterocycles. The Morgan fingerprint density at radius 3 is 2.52 bits per heavy atom. The van der Waals surface area contributed by atoms with Crippen molar-refractivity contribution in [2.45, 2.75) is 31.8 Å². The molecule has 1 fully saturated rings. The number of hydrogen-bond donors (Lipinski definition) is 2. The van der Waals surface area contributed by atoms with E-state index in [-0.39, 0.29) is 12.0 Å². The van der Waals surface area contributed by atoms with Crippen molar-refractivity contribution < 1.29 is 19.1 Å². The van der Waals surface area contributed by atoms with E-state index in [9.17, 15) is 4.79 Å². The molecule has 5 rings (SSSR count). The largest absolute Gasteiger partial charge is 0.481 e. The first-order valence-electron chi connectivity index (χ1n) is 10.2. The molecule has 8 heteroatoms. The van der Waals surface area contributed by atoms with Crippen molar-refractivity contribution >= 4 is 28.7 Å². The number of carboxylic acids is 1. The average molecular weight is 438 g/mol. The summed E-state index contributed by atoms with van der Waals surface area (Å²) in [5, 5.41) is 9.64. The standard InChI is InChI=1S/C23H20ClN3O4/c24-17-12-18-21(27-23(25-18)31-16-9-7-15(8-10-16)22(28)29)26-20(17)14-5-3-13(4-6-14)19-2-1-11-30-19/h1-6,11-12,15-16H,7-10H2,(H,28,29)(H,25,26,27). The number of rotatable bonds is 5. The van der Waals surface area contributed by atoms with Crippen LogP contribution in [-0.4, -0.2) is 32.1 Å².